The standard InChI is InChI=1S/C12H8BrN3O2S/c1-6-2-9(10-3-7(13)5-19-10)16-11(15-6)8(4-14-16)12(17)18/h2-5H,1H3,(H,17,18). The normalized spacial score (nSPS) is 11.1. The highest BCUT2D eigenvalue weighted by molar-refractivity contribution is 9.10. The van der Waals surface area contributed by atoms with Crippen LogP contribution in [-0.4, -0.2) is 25.7 Å². The number of nitrogens with zero attached hydrogens (tertiary/aromatic N) is 3. The molecule has 1 N–H and O–H groups in total. The maximum absolute atomic E-state index is 11.1. The smallest absolute Gasteiger partial charge is 0.341 e. The zero-order chi connectivity index (χ0) is 13.6. The van der Waals surface area contributed by atoms with E-state index in [1.165, 1.54) is 6.20 Å². The third-order valence-electron chi connectivity index (χ3n) is 2.65. The number of aromatic nitrogens is 3. The van der Waals surface area contributed by atoms with Gasteiger partial charge in [0.15, 0.2) is 5.65 Å². The van der Waals surface area contributed by atoms with Gasteiger partial charge in [-0.3, -0.25) is 0 Å². The van der Waals surface area contributed by atoms with Gasteiger partial charge in [0, 0.05) is 15.5 Å². The lowest BCUT2D eigenvalue weighted by Crippen LogP contribution is -2.01. The van der Waals surface area contributed by atoms with Gasteiger partial charge in [-0.2, -0.15) is 5.10 Å². The molecule has 0 radical (unpaired) electrons. The molecule has 0 fully saturated rings. The van der Waals surface area contributed by atoms with Crippen molar-refractivity contribution in [2.75, 3.05) is 0 Å². The molecule has 3 rings (SSSR count). The molecule has 0 aromatic carbocycles. The molecule has 0 saturated heterocycles. The van der Waals surface area contributed by atoms with Crippen LogP contribution < -0.4 is 0 Å². The highest BCUT2D eigenvalue weighted by Crippen LogP contribution is 2.30. The van der Waals surface area contributed by atoms with Crippen molar-refractivity contribution in [3.8, 4) is 10.6 Å². The Kier molecular flexibility index (Phi) is 2.87. The Morgan fingerprint density at radius 3 is 2.89 bits per heavy atom. The van der Waals surface area contributed by atoms with E-state index in [1.807, 2.05) is 24.4 Å². The van der Waals surface area contributed by atoms with Crippen LogP contribution >= 0.6 is 27.3 Å². The first-order valence-electron chi connectivity index (χ1n) is 5.39. The molecule has 0 aliphatic carbocycles. The van der Waals surface area contributed by atoms with Crippen LogP contribution in [0.25, 0.3) is 16.2 Å². The Morgan fingerprint density at radius 2 is 2.26 bits per heavy atom. The van der Waals surface area contributed by atoms with Crippen molar-refractivity contribution in [3.63, 3.8) is 0 Å². The van der Waals surface area contributed by atoms with Gasteiger partial charge in [0.2, 0.25) is 0 Å². The summed E-state index contributed by atoms with van der Waals surface area (Å²) in [5.41, 5.74) is 2.08. The number of thiophene rings is 1. The number of halogens is 1. The average Bonchev–Trinajstić information content (AvgIpc) is 2.93. The van der Waals surface area contributed by atoms with Crippen molar-refractivity contribution in [1.82, 2.24) is 14.6 Å². The van der Waals surface area contributed by atoms with Crippen molar-refractivity contribution >= 4 is 38.9 Å². The quantitative estimate of drug-likeness (QED) is 0.779. The van der Waals surface area contributed by atoms with Crippen molar-refractivity contribution < 1.29 is 9.90 Å². The molecule has 0 amide bonds. The summed E-state index contributed by atoms with van der Waals surface area (Å²) in [6, 6.07) is 3.87. The van der Waals surface area contributed by atoms with Gasteiger partial charge in [-0.1, -0.05) is 0 Å². The first-order chi connectivity index (χ1) is 9.06. The van der Waals surface area contributed by atoms with Crippen molar-refractivity contribution in [1.29, 1.82) is 0 Å². The molecule has 3 aromatic rings. The first kappa shape index (κ1) is 12.3. The lowest BCUT2D eigenvalue weighted by Gasteiger charge is -2.04. The Labute approximate surface area is 120 Å². The fraction of sp³-hybridized carbons (Fsp3) is 0.0833. The lowest BCUT2D eigenvalue weighted by molar-refractivity contribution is 0.0699. The van der Waals surface area contributed by atoms with Crippen LogP contribution in [0.5, 0.6) is 0 Å². The molecule has 3 heterocycles. The predicted molar refractivity (Wildman–Crippen MR) is 75.7 cm³/mol. The highest BCUT2D eigenvalue weighted by atomic mass is 79.9. The Bertz CT molecular complexity index is 793. The fourth-order valence-corrected chi connectivity index (χ4v) is 3.29. The second-order valence-electron chi connectivity index (χ2n) is 4.01. The highest BCUT2D eigenvalue weighted by Gasteiger charge is 2.16. The summed E-state index contributed by atoms with van der Waals surface area (Å²) in [7, 11) is 0. The van der Waals surface area contributed by atoms with Crippen LogP contribution in [0.15, 0.2) is 28.2 Å². The molecule has 0 atom stereocenters. The topological polar surface area (TPSA) is 67.5 Å². The second-order valence-corrected chi connectivity index (χ2v) is 5.84. The summed E-state index contributed by atoms with van der Waals surface area (Å²) >= 11 is 4.97. The molecule has 5 nitrogen and oxygen atoms in total. The summed E-state index contributed by atoms with van der Waals surface area (Å²) < 4.78 is 2.55. The van der Waals surface area contributed by atoms with Gasteiger partial charge < -0.3 is 5.11 Å². The van der Waals surface area contributed by atoms with Crippen LogP contribution in [0, 0.1) is 6.92 Å². The molecule has 0 aliphatic rings. The maximum Gasteiger partial charge on any atom is 0.341 e. The van der Waals surface area contributed by atoms with Crippen molar-refractivity contribution in [2.24, 2.45) is 0 Å². The van der Waals surface area contributed by atoms with Gasteiger partial charge in [-0.15, -0.1) is 11.3 Å². The molecular formula is C12H8BrN3O2S. The van der Waals surface area contributed by atoms with Crippen molar-refractivity contribution in [3.05, 3.63) is 39.4 Å². The fourth-order valence-electron chi connectivity index (χ4n) is 1.86. The summed E-state index contributed by atoms with van der Waals surface area (Å²) in [5, 5.41) is 15.2. The van der Waals surface area contributed by atoms with Gasteiger partial charge in [0.25, 0.3) is 0 Å². The molecule has 3 aromatic heterocycles. The number of aromatic carboxylic acids is 1. The second kappa shape index (κ2) is 4.43. The molecule has 0 bridgehead atoms. The van der Waals surface area contributed by atoms with Gasteiger partial charge >= 0.3 is 5.97 Å². The Balaban J connectivity index is 2.33. The Hall–Kier alpha value is -1.73. The molecule has 0 aliphatic heterocycles. The molecule has 0 saturated carbocycles. The van der Waals surface area contributed by atoms with E-state index in [0.717, 1.165) is 20.7 Å². The minimum Gasteiger partial charge on any atom is -0.477 e. The zero-order valence-electron chi connectivity index (χ0n) is 9.79. The average molecular weight is 338 g/mol. The number of rotatable bonds is 2. The largest absolute Gasteiger partial charge is 0.477 e. The van der Waals surface area contributed by atoms with E-state index in [2.05, 4.69) is 26.0 Å². The molecule has 0 spiro atoms. The monoisotopic (exact) mass is 337 g/mol. The zero-order valence-corrected chi connectivity index (χ0v) is 12.2. The summed E-state index contributed by atoms with van der Waals surface area (Å²) in [4.78, 5) is 16.4. The summed E-state index contributed by atoms with van der Waals surface area (Å²) in [5.74, 6) is -1.02. The number of aryl methyl sites for hydroxylation is 1. The maximum atomic E-state index is 11.1. The third-order valence-corrected chi connectivity index (χ3v) is 4.36. The number of hydrogen-bond donors (Lipinski definition) is 1. The van der Waals surface area contributed by atoms with E-state index >= 15 is 0 Å². The van der Waals surface area contributed by atoms with Gasteiger partial charge in [-0.05, 0) is 35.0 Å². The number of carboxylic acid groups (broad SMARTS) is 1. The van der Waals surface area contributed by atoms with Crippen LogP contribution in [-0.2, 0) is 0 Å². The molecule has 0 unspecified atom stereocenters. The minimum absolute atomic E-state index is 0.112. The van der Waals surface area contributed by atoms with E-state index in [4.69, 9.17) is 5.11 Å². The van der Waals surface area contributed by atoms with Crippen LogP contribution in [0.2, 0.25) is 0 Å². The number of hydrogen-bond acceptors (Lipinski definition) is 4. The van der Waals surface area contributed by atoms with Gasteiger partial charge in [-0.25, -0.2) is 14.3 Å². The Morgan fingerprint density at radius 1 is 1.47 bits per heavy atom. The van der Waals surface area contributed by atoms with Crippen LogP contribution in [0.1, 0.15) is 16.1 Å². The molecule has 19 heavy (non-hydrogen) atoms. The van der Waals surface area contributed by atoms with Crippen LogP contribution in [0.3, 0.4) is 0 Å². The van der Waals surface area contributed by atoms with Crippen molar-refractivity contribution in [2.45, 2.75) is 6.92 Å². The molecule has 96 valence electrons. The van der Waals surface area contributed by atoms with E-state index in [9.17, 15) is 4.79 Å². The summed E-state index contributed by atoms with van der Waals surface area (Å²) in [6.07, 6.45) is 1.33. The van der Waals surface area contributed by atoms with E-state index in [0.29, 0.717) is 5.65 Å². The van der Waals surface area contributed by atoms with E-state index in [1.54, 1.807) is 15.9 Å². The molecule has 7 heteroatoms. The summed E-state index contributed by atoms with van der Waals surface area (Å²) in [6.45, 7) is 1.84. The number of fused-ring (bicyclic) bond motifs is 1. The number of carbonyl (C=O) groups is 1. The number of carboxylic acids is 1. The van der Waals surface area contributed by atoms with Gasteiger partial charge in [0.1, 0.15) is 5.56 Å². The lowest BCUT2D eigenvalue weighted by atomic mass is 10.2. The van der Waals surface area contributed by atoms with E-state index < -0.39 is 5.97 Å². The first-order valence-corrected chi connectivity index (χ1v) is 7.06. The predicted octanol–water partition coefficient (Wildman–Crippen LogP) is 3.23. The van der Waals surface area contributed by atoms with E-state index in [-0.39, 0.29) is 5.56 Å². The third kappa shape index (κ3) is 2.04. The SMILES string of the molecule is Cc1cc(-c2cc(Br)cs2)n2ncc(C(=O)O)c2n1. The minimum atomic E-state index is -1.02. The molecular weight excluding hydrogens is 330 g/mol. The van der Waals surface area contributed by atoms with Gasteiger partial charge in [0.05, 0.1) is 16.8 Å². The van der Waals surface area contributed by atoms with Crippen LogP contribution in [0.4, 0.5) is 0 Å².